The molecule has 0 aliphatic rings. The molecule has 1 heterocycles. The second-order valence-corrected chi connectivity index (χ2v) is 5.83. The standard InChI is InChI=1S/C20H18N4O4/c1-3-24-19(26)16-7-5-4-6-15(16)17(23-24)18(25)22-21-12-13-8-10-14(11-9-13)20(27)28-2/h4-12H,3H2,1-2H3,(H,22,25)/b21-12+. The number of amides is 1. The Bertz CT molecular complexity index is 1120. The predicted molar refractivity (Wildman–Crippen MR) is 105 cm³/mol. The van der Waals surface area contributed by atoms with E-state index in [-0.39, 0.29) is 11.3 Å². The van der Waals surface area contributed by atoms with Gasteiger partial charge in [-0.3, -0.25) is 9.59 Å². The molecule has 0 saturated heterocycles. The van der Waals surface area contributed by atoms with Gasteiger partial charge in [-0.1, -0.05) is 30.3 Å². The van der Waals surface area contributed by atoms with Gasteiger partial charge in [0.25, 0.3) is 11.5 Å². The second kappa shape index (κ2) is 8.26. The number of aromatic nitrogens is 2. The zero-order chi connectivity index (χ0) is 20.1. The Morgan fingerprint density at radius 3 is 2.46 bits per heavy atom. The van der Waals surface area contributed by atoms with E-state index in [0.717, 1.165) is 0 Å². The van der Waals surface area contributed by atoms with Gasteiger partial charge in [-0.2, -0.15) is 10.2 Å². The Balaban J connectivity index is 1.82. The third-order valence-corrected chi connectivity index (χ3v) is 4.09. The normalized spacial score (nSPS) is 10.9. The van der Waals surface area contributed by atoms with Gasteiger partial charge in [-0.15, -0.1) is 0 Å². The molecule has 3 rings (SSSR count). The summed E-state index contributed by atoms with van der Waals surface area (Å²) in [6, 6.07) is 13.4. The highest BCUT2D eigenvalue weighted by molar-refractivity contribution is 6.05. The van der Waals surface area contributed by atoms with Crippen LogP contribution in [0.15, 0.2) is 58.4 Å². The molecule has 28 heavy (non-hydrogen) atoms. The van der Waals surface area contributed by atoms with E-state index in [1.54, 1.807) is 55.5 Å². The maximum atomic E-state index is 12.5. The van der Waals surface area contributed by atoms with Crippen molar-refractivity contribution in [3.05, 3.63) is 75.7 Å². The number of esters is 1. The maximum Gasteiger partial charge on any atom is 0.337 e. The fourth-order valence-electron chi connectivity index (χ4n) is 2.66. The Hall–Kier alpha value is -3.81. The molecule has 0 aliphatic carbocycles. The smallest absolute Gasteiger partial charge is 0.337 e. The van der Waals surface area contributed by atoms with E-state index >= 15 is 0 Å². The van der Waals surface area contributed by atoms with Gasteiger partial charge < -0.3 is 4.74 Å². The first-order valence-electron chi connectivity index (χ1n) is 8.56. The molecule has 0 radical (unpaired) electrons. The number of hydrogen-bond donors (Lipinski definition) is 1. The van der Waals surface area contributed by atoms with Gasteiger partial charge in [0, 0.05) is 11.9 Å². The van der Waals surface area contributed by atoms with Crippen LogP contribution in [-0.2, 0) is 11.3 Å². The van der Waals surface area contributed by atoms with Crippen LogP contribution in [0, 0.1) is 0 Å². The molecule has 0 fully saturated rings. The van der Waals surface area contributed by atoms with Crippen LogP contribution in [0.25, 0.3) is 10.8 Å². The molecule has 142 valence electrons. The number of aryl methyl sites for hydroxylation is 1. The molecule has 0 atom stereocenters. The first kappa shape index (κ1) is 19.0. The number of carbonyl (C=O) groups excluding carboxylic acids is 2. The van der Waals surface area contributed by atoms with Crippen LogP contribution >= 0.6 is 0 Å². The fourth-order valence-corrected chi connectivity index (χ4v) is 2.66. The molecule has 0 unspecified atom stereocenters. The minimum Gasteiger partial charge on any atom is -0.465 e. The van der Waals surface area contributed by atoms with Gasteiger partial charge in [0.2, 0.25) is 0 Å². The number of ether oxygens (including phenoxy) is 1. The molecule has 8 nitrogen and oxygen atoms in total. The summed E-state index contributed by atoms with van der Waals surface area (Å²) < 4.78 is 5.88. The third kappa shape index (κ3) is 3.80. The number of rotatable bonds is 5. The van der Waals surface area contributed by atoms with Crippen molar-refractivity contribution in [2.24, 2.45) is 5.10 Å². The summed E-state index contributed by atoms with van der Waals surface area (Å²) in [7, 11) is 1.31. The van der Waals surface area contributed by atoms with Crippen LogP contribution in [0.5, 0.6) is 0 Å². The Kier molecular flexibility index (Phi) is 5.59. The van der Waals surface area contributed by atoms with Crippen molar-refractivity contribution in [1.82, 2.24) is 15.2 Å². The van der Waals surface area contributed by atoms with Crippen molar-refractivity contribution in [2.75, 3.05) is 7.11 Å². The molecular formula is C20H18N4O4. The molecule has 0 aliphatic heterocycles. The molecule has 0 saturated carbocycles. The van der Waals surface area contributed by atoms with E-state index < -0.39 is 11.9 Å². The molecule has 8 heteroatoms. The van der Waals surface area contributed by atoms with Gasteiger partial charge in [0.05, 0.1) is 24.3 Å². The molecule has 3 aromatic rings. The highest BCUT2D eigenvalue weighted by Gasteiger charge is 2.15. The monoisotopic (exact) mass is 378 g/mol. The van der Waals surface area contributed by atoms with Gasteiger partial charge in [0.15, 0.2) is 5.69 Å². The Morgan fingerprint density at radius 2 is 1.82 bits per heavy atom. The van der Waals surface area contributed by atoms with Crippen molar-refractivity contribution in [3.8, 4) is 0 Å². The summed E-state index contributed by atoms with van der Waals surface area (Å²) in [4.78, 5) is 36.3. The van der Waals surface area contributed by atoms with Crippen molar-refractivity contribution >= 4 is 28.9 Å². The number of nitrogens with one attached hydrogen (secondary N) is 1. The number of methoxy groups -OCH3 is 1. The molecule has 1 N–H and O–H groups in total. The summed E-state index contributed by atoms with van der Waals surface area (Å²) >= 11 is 0. The maximum absolute atomic E-state index is 12.5. The zero-order valence-corrected chi connectivity index (χ0v) is 15.4. The van der Waals surface area contributed by atoms with Gasteiger partial charge in [-0.25, -0.2) is 14.9 Å². The quantitative estimate of drug-likeness (QED) is 0.415. The molecule has 1 amide bonds. The summed E-state index contributed by atoms with van der Waals surface area (Å²) in [5, 5.41) is 8.97. The minimum absolute atomic E-state index is 0.121. The van der Waals surface area contributed by atoms with Crippen LogP contribution in [0.3, 0.4) is 0 Å². The molecular weight excluding hydrogens is 360 g/mol. The number of hydrazone groups is 1. The van der Waals surface area contributed by atoms with E-state index in [0.29, 0.717) is 28.4 Å². The summed E-state index contributed by atoms with van der Waals surface area (Å²) in [5.74, 6) is -0.957. The SMILES string of the molecule is CCn1nc(C(=O)N/N=C/c2ccc(C(=O)OC)cc2)c2ccccc2c1=O. The van der Waals surface area contributed by atoms with E-state index in [1.165, 1.54) is 18.0 Å². The largest absolute Gasteiger partial charge is 0.465 e. The predicted octanol–water partition coefficient (Wildman–Crippen LogP) is 1.97. The van der Waals surface area contributed by atoms with Crippen molar-refractivity contribution in [1.29, 1.82) is 0 Å². The van der Waals surface area contributed by atoms with E-state index in [9.17, 15) is 14.4 Å². The summed E-state index contributed by atoms with van der Waals surface area (Å²) in [5.41, 5.74) is 3.40. The summed E-state index contributed by atoms with van der Waals surface area (Å²) in [6.07, 6.45) is 1.44. The number of benzene rings is 2. The lowest BCUT2D eigenvalue weighted by Crippen LogP contribution is -2.28. The lowest BCUT2D eigenvalue weighted by molar-refractivity contribution is 0.0600. The first-order valence-corrected chi connectivity index (χ1v) is 8.56. The number of carbonyl (C=O) groups is 2. The van der Waals surface area contributed by atoms with Gasteiger partial charge >= 0.3 is 5.97 Å². The average Bonchev–Trinajstić information content (AvgIpc) is 2.74. The highest BCUT2D eigenvalue weighted by atomic mass is 16.5. The van der Waals surface area contributed by atoms with Gasteiger partial charge in [0.1, 0.15) is 0 Å². The second-order valence-electron chi connectivity index (χ2n) is 5.83. The van der Waals surface area contributed by atoms with E-state index in [4.69, 9.17) is 0 Å². The molecule has 0 bridgehead atoms. The zero-order valence-electron chi connectivity index (χ0n) is 15.4. The number of hydrogen-bond acceptors (Lipinski definition) is 6. The highest BCUT2D eigenvalue weighted by Crippen LogP contribution is 2.13. The topological polar surface area (TPSA) is 103 Å². The van der Waals surface area contributed by atoms with Gasteiger partial charge in [-0.05, 0) is 30.7 Å². The van der Waals surface area contributed by atoms with Crippen molar-refractivity contribution in [2.45, 2.75) is 13.5 Å². The van der Waals surface area contributed by atoms with Crippen LogP contribution in [0.2, 0.25) is 0 Å². The third-order valence-electron chi connectivity index (χ3n) is 4.09. The van der Waals surface area contributed by atoms with Crippen LogP contribution < -0.4 is 11.0 Å². The van der Waals surface area contributed by atoms with Crippen molar-refractivity contribution in [3.63, 3.8) is 0 Å². The van der Waals surface area contributed by atoms with Crippen LogP contribution in [0.4, 0.5) is 0 Å². The Labute approximate surface area is 160 Å². The summed E-state index contributed by atoms with van der Waals surface area (Å²) in [6.45, 7) is 2.13. The molecule has 2 aromatic carbocycles. The van der Waals surface area contributed by atoms with Crippen LogP contribution in [-0.4, -0.2) is 35.0 Å². The fraction of sp³-hybridized carbons (Fsp3) is 0.150. The van der Waals surface area contributed by atoms with Crippen molar-refractivity contribution < 1.29 is 14.3 Å². The minimum atomic E-state index is -0.527. The number of nitrogens with zero attached hydrogens (tertiary/aromatic N) is 3. The van der Waals surface area contributed by atoms with E-state index in [2.05, 4.69) is 20.4 Å². The van der Waals surface area contributed by atoms with E-state index in [1.807, 2.05) is 0 Å². The Morgan fingerprint density at radius 1 is 1.14 bits per heavy atom. The molecule has 0 spiro atoms. The average molecular weight is 378 g/mol. The molecule has 1 aromatic heterocycles. The first-order chi connectivity index (χ1) is 13.5. The number of fused-ring (bicyclic) bond motifs is 1. The van der Waals surface area contributed by atoms with Crippen LogP contribution in [0.1, 0.15) is 33.3 Å². The lowest BCUT2D eigenvalue weighted by atomic mass is 10.1. The lowest BCUT2D eigenvalue weighted by Gasteiger charge is -2.08.